The molecule has 0 N–H and O–H groups in total. The van der Waals surface area contributed by atoms with Gasteiger partial charge in [0, 0.05) is 0 Å². The average Bonchev–Trinajstić information content (AvgIpc) is 2.04. The summed E-state index contributed by atoms with van der Waals surface area (Å²) in [6.07, 6.45) is 11.8. The Bertz CT molecular complexity index is 182. The summed E-state index contributed by atoms with van der Waals surface area (Å²) in [5.74, 6) is 0.830. The predicted molar refractivity (Wildman–Crippen MR) is 61.8 cm³/mol. The van der Waals surface area contributed by atoms with Gasteiger partial charge in [-0.25, -0.2) is 0 Å². The van der Waals surface area contributed by atoms with Crippen molar-refractivity contribution in [2.24, 2.45) is 5.92 Å². The second-order valence-electron chi connectivity index (χ2n) is 3.92. The maximum atomic E-state index is 3.63. The SMILES string of the molecule is C=CC=CC=C(C)CCCC(C)C. The van der Waals surface area contributed by atoms with Crippen molar-refractivity contribution in [1.82, 2.24) is 0 Å². The number of allylic oxidation sites excluding steroid dienone is 5. The topological polar surface area (TPSA) is 0 Å². The summed E-state index contributed by atoms with van der Waals surface area (Å²) in [6, 6.07) is 0. The molecule has 0 aromatic heterocycles. The van der Waals surface area contributed by atoms with Crippen LogP contribution in [0, 0.1) is 5.92 Å². The zero-order valence-corrected chi connectivity index (χ0v) is 9.22. The van der Waals surface area contributed by atoms with Crippen molar-refractivity contribution in [1.29, 1.82) is 0 Å². The third kappa shape index (κ3) is 9.13. The van der Waals surface area contributed by atoms with E-state index in [4.69, 9.17) is 0 Å². The highest BCUT2D eigenvalue weighted by molar-refractivity contribution is 5.13. The van der Waals surface area contributed by atoms with Crippen LogP contribution in [0.25, 0.3) is 0 Å². The molecule has 0 bridgehead atoms. The molecule has 0 aromatic rings. The summed E-state index contributed by atoms with van der Waals surface area (Å²) in [5.41, 5.74) is 1.46. The number of hydrogen-bond donors (Lipinski definition) is 0. The molecule has 0 aliphatic rings. The highest BCUT2D eigenvalue weighted by atomic mass is 14.0. The zero-order valence-electron chi connectivity index (χ0n) is 9.22. The van der Waals surface area contributed by atoms with Crippen LogP contribution >= 0.6 is 0 Å². The Labute approximate surface area is 83.0 Å². The van der Waals surface area contributed by atoms with Crippen LogP contribution in [-0.2, 0) is 0 Å². The number of rotatable bonds is 6. The van der Waals surface area contributed by atoms with Crippen molar-refractivity contribution < 1.29 is 0 Å². The molecule has 0 nitrogen and oxygen atoms in total. The van der Waals surface area contributed by atoms with E-state index in [0.717, 1.165) is 5.92 Å². The van der Waals surface area contributed by atoms with Gasteiger partial charge in [-0.3, -0.25) is 0 Å². The molecule has 13 heavy (non-hydrogen) atoms. The smallest absolute Gasteiger partial charge is 0.0320 e. The molecule has 0 aromatic carbocycles. The maximum Gasteiger partial charge on any atom is -0.0320 e. The molecule has 0 unspecified atom stereocenters. The van der Waals surface area contributed by atoms with Crippen LogP contribution in [0.4, 0.5) is 0 Å². The van der Waals surface area contributed by atoms with Gasteiger partial charge in [0.05, 0.1) is 0 Å². The lowest BCUT2D eigenvalue weighted by atomic mass is 10.0. The Morgan fingerprint density at radius 3 is 2.54 bits per heavy atom. The first kappa shape index (κ1) is 12.2. The van der Waals surface area contributed by atoms with Gasteiger partial charge in [-0.1, -0.05) is 56.7 Å². The van der Waals surface area contributed by atoms with Crippen LogP contribution < -0.4 is 0 Å². The average molecular weight is 178 g/mol. The Morgan fingerprint density at radius 1 is 1.31 bits per heavy atom. The summed E-state index contributed by atoms with van der Waals surface area (Å²) < 4.78 is 0. The van der Waals surface area contributed by atoms with E-state index < -0.39 is 0 Å². The zero-order chi connectivity index (χ0) is 10.1. The lowest BCUT2D eigenvalue weighted by Crippen LogP contribution is -1.87. The van der Waals surface area contributed by atoms with Crippen LogP contribution in [0.1, 0.15) is 40.0 Å². The molecule has 0 aliphatic heterocycles. The largest absolute Gasteiger partial charge is 0.0991 e. The first-order valence-corrected chi connectivity index (χ1v) is 5.11. The molecule has 0 fully saturated rings. The van der Waals surface area contributed by atoms with Crippen molar-refractivity contribution in [2.75, 3.05) is 0 Å². The highest BCUT2D eigenvalue weighted by Gasteiger charge is 1.94. The Balaban J connectivity index is 3.60. The van der Waals surface area contributed by atoms with E-state index in [-0.39, 0.29) is 0 Å². The van der Waals surface area contributed by atoms with E-state index in [2.05, 4.69) is 39.5 Å². The monoisotopic (exact) mass is 178 g/mol. The minimum Gasteiger partial charge on any atom is -0.0991 e. The Morgan fingerprint density at radius 2 is 2.00 bits per heavy atom. The predicted octanol–water partition coefficient (Wildman–Crippen LogP) is 4.50. The van der Waals surface area contributed by atoms with Gasteiger partial charge in [0.25, 0.3) is 0 Å². The summed E-state index contributed by atoms with van der Waals surface area (Å²) in [7, 11) is 0. The first-order chi connectivity index (χ1) is 6.16. The van der Waals surface area contributed by atoms with E-state index >= 15 is 0 Å². The van der Waals surface area contributed by atoms with Crippen LogP contribution in [0.3, 0.4) is 0 Å². The fourth-order valence-electron chi connectivity index (χ4n) is 1.17. The fourth-order valence-corrected chi connectivity index (χ4v) is 1.17. The molecule has 0 aliphatic carbocycles. The quantitative estimate of drug-likeness (QED) is 0.525. The second-order valence-corrected chi connectivity index (χ2v) is 3.92. The third-order valence-corrected chi connectivity index (χ3v) is 1.98. The highest BCUT2D eigenvalue weighted by Crippen LogP contribution is 2.11. The van der Waals surface area contributed by atoms with Gasteiger partial charge in [0.1, 0.15) is 0 Å². The molecule has 0 heteroatoms. The standard InChI is InChI=1S/C13H22/c1-5-6-7-10-13(4)11-8-9-12(2)3/h5-7,10,12H,1,8-9,11H2,2-4H3. The molecule has 0 atom stereocenters. The molecule has 0 amide bonds. The van der Waals surface area contributed by atoms with Crippen molar-refractivity contribution in [2.45, 2.75) is 40.0 Å². The van der Waals surface area contributed by atoms with E-state index in [0.29, 0.717) is 0 Å². The summed E-state index contributed by atoms with van der Waals surface area (Å²) >= 11 is 0. The number of hydrogen-bond acceptors (Lipinski definition) is 0. The van der Waals surface area contributed by atoms with E-state index in [1.807, 2.05) is 6.08 Å². The molecular formula is C13H22. The van der Waals surface area contributed by atoms with Gasteiger partial charge in [-0.2, -0.15) is 0 Å². The molecule has 0 radical (unpaired) electrons. The summed E-state index contributed by atoms with van der Waals surface area (Å²) in [6.45, 7) is 10.4. The minimum atomic E-state index is 0.830. The van der Waals surface area contributed by atoms with E-state index in [9.17, 15) is 0 Å². The molecule has 74 valence electrons. The van der Waals surface area contributed by atoms with Crippen molar-refractivity contribution in [3.63, 3.8) is 0 Å². The van der Waals surface area contributed by atoms with E-state index in [1.54, 1.807) is 6.08 Å². The van der Waals surface area contributed by atoms with Gasteiger partial charge < -0.3 is 0 Å². The Hall–Kier alpha value is -0.780. The Kier molecular flexibility index (Phi) is 7.38. The summed E-state index contributed by atoms with van der Waals surface area (Å²) in [5, 5.41) is 0. The van der Waals surface area contributed by atoms with Gasteiger partial charge >= 0.3 is 0 Å². The molecule has 0 spiro atoms. The fraction of sp³-hybridized carbons (Fsp3) is 0.538. The molecule has 0 rings (SSSR count). The van der Waals surface area contributed by atoms with Gasteiger partial charge in [-0.05, 0) is 25.7 Å². The normalized spacial score (nSPS) is 12.8. The molecule has 0 saturated heterocycles. The minimum absolute atomic E-state index is 0.830. The van der Waals surface area contributed by atoms with Crippen LogP contribution in [0.5, 0.6) is 0 Å². The molecule has 0 heterocycles. The lowest BCUT2D eigenvalue weighted by Gasteiger charge is -2.03. The van der Waals surface area contributed by atoms with Crippen LogP contribution in [0.15, 0.2) is 36.5 Å². The molecular weight excluding hydrogens is 156 g/mol. The van der Waals surface area contributed by atoms with Crippen molar-refractivity contribution in [3.8, 4) is 0 Å². The van der Waals surface area contributed by atoms with Gasteiger partial charge in [-0.15, -0.1) is 0 Å². The maximum absolute atomic E-state index is 3.63. The molecule has 0 saturated carbocycles. The van der Waals surface area contributed by atoms with Gasteiger partial charge in [0.2, 0.25) is 0 Å². The van der Waals surface area contributed by atoms with Crippen molar-refractivity contribution in [3.05, 3.63) is 36.5 Å². The van der Waals surface area contributed by atoms with Crippen LogP contribution in [0.2, 0.25) is 0 Å². The lowest BCUT2D eigenvalue weighted by molar-refractivity contribution is 0.555. The van der Waals surface area contributed by atoms with Gasteiger partial charge in [0.15, 0.2) is 0 Å². The first-order valence-electron chi connectivity index (χ1n) is 5.11. The van der Waals surface area contributed by atoms with Crippen molar-refractivity contribution >= 4 is 0 Å². The summed E-state index contributed by atoms with van der Waals surface area (Å²) in [4.78, 5) is 0. The van der Waals surface area contributed by atoms with Crippen LogP contribution in [-0.4, -0.2) is 0 Å². The third-order valence-electron chi connectivity index (χ3n) is 1.98. The van der Waals surface area contributed by atoms with E-state index in [1.165, 1.54) is 24.8 Å². The second kappa shape index (κ2) is 7.85.